The van der Waals surface area contributed by atoms with Gasteiger partial charge < -0.3 is 14.5 Å². The van der Waals surface area contributed by atoms with Crippen LogP contribution in [0.1, 0.15) is 24.4 Å². The van der Waals surface area contributed by atoms with Crippen LogP contribution in [0.2, 0.25) is 0 Å². The second-order valence-electron chi connectivity index (χ2n) is 6.37. The first kappa shape index (κ1) is 18.7. The first-order valence-electron chi connectivity index (χ1n) is 9.37. The zero-order valence-electron chi connectivity index (χ0n) is 15.9. The van der Waals surface area contributed by atoms with E-state index in [9.17, 15) is 4.39 Å². The molecule has 0 amide bonds. The van der Waals surface area contributed by atoms with Crippen LogP contribution in [0.15, 0.2) is 83.3 Å². The van der Waals surface area contributed by atoms with Crippen molar-refractivity contribution in [1.82, 2.24) is 10.2 Å². The number of anilines is 1. The Morgan fingerprint density at radius 1 is 0.931 bits per heavy atom. The van der Waals surface area contributed by atoms with Crippen LogP contribution in [0.25, 0.3) is 11.5 Å². The van der Waals surface area contributed by atoms with Crippen molar-refractivity contribution in [3.63, 3.8) is 0 Å². The van der Waals surface area contributed by atoms with Crippen molar-refractivity contribution in [3.8, 4) is 17.2 Å². The summed E-state index contributed by atoms with van der Waals surface area (Å²) in [5.41, 5.74) is 2.41. The molecule has 0 saturated carbocycles. The van der Waals surface area contributed by atoms with Crippen LogP contribution in [0.5, 0.6) is 5.75 Å². The molecular weight excluding hydrogens is 369 g/mol. The van der Waals surface area contributed by atoms with Crippen LogP contribution < -0.4 is 10.1 Å². The molecular formula is C23H20FN3O2. The van der Waals surface area contributed by atoms with E-state index >= 15 is 0 Å². The summed E-state index contributed by atoms with van der Waals surface area (Å²) in [5, 5.41) is 11.8. The summed E-state index contributed by atoms with van der Waals surface area (Å²) in [6, 6.07) is 22.9. The van der Waals surface area contributed by atoms with E-state index in [-0.39, 0.29) is 5.82 Å². The number of benzene rings is 3. The van der Waals surface area contributed by atoms with E-state index in [1.165, 1.54) is 12.1 Å². The summed E-state index contributed by atoms with van der Waals surface area (Å²) in [4.78, 5) is 0. The third kappa shape index (κ3) is 4.27. The molecule has 0 aliphatic rings. The van der Waals surface area contributed by atoms with Crippen LogP contribution in [0, 0.1) is 5.82 Å². The minimum atomic E-state index is -0.470. The first-order chi connectivity index (χ1) is 14.2. The smallest absolute Gasteiger partial charge is 0.247 e. The quantitative estimate of drug-likeness (QED) is 0.454. The third-order valence-electron chi connectivity index (χ3n) is 4.40. The maximum Gasteiger partial charge on any atom is 0.247 e. The van der Waals surface area contributed by atoms with Crippen molar-refractivity contribution in [2.45, 2.75) is 13.0 Å². The van der Waals surface area contributed by atoms with Gasteiger partial charge in [-0.2, -0.15) is 0 Å². The lowest BCUT2D eigenvalue weighted by atomic mass is 10.1. The molecule has 3 aromatic carbocycles. The standard InChI is InChI=1S/C23H20FN3O2/c1-2-28-20-11-7-6-10-19(20)25-21(16-12-14-18(24)15-13-16)23-27-26-22(29-23)17-8-4-3-5-9-17/h3-15,21,25H,2H2,1H3/t21-/m0/s1. The molecule has 0 bridgehead atoms. The van der Waals surface area contributed by atoms with Crippen LogP contribution in [-0.4, -0.2) is 16.8 Å². The fourth-order valence-electron chi connectivity index (χ4n) is 3.01. The van der Waals surface area contributed by atoms with Gasteiger partial charge in [-0.1, -0.05) is 42.5 Å². The lowest BCUT2D eigenvalue weighted by Gasteiger charge is -2.19. The highest BCUT2D eigenvalue weighted by Gasteiger charge is 2.23. The average Bonchev–Trinajstić information content (AvgIpc) is 3.25. The van der Waals surface area contributed by atoms with Gasteiger partial charge >= 0.3 is 0 Å². The van der Waals surface area contributed by atoms with Gasteiger partial charge in [0.05, 0.1) is 12.3 Å². The molecule has 1 atom stereocenters. The van der Waals surface area contributed by atoms with Crippen molar-refractivity contribution < 1.29 is 13.5 Å². The molecule has 0 aliphatic heterocycles. The van der Waals surface area contributed by atoms with Gasteiger partial charge in [-0.25, -0.2) is 4.39 Å². The highest BCUT2D eigenvalue weighted by atomic mass is 19.1. The summed E-state index contributed by atoms with van der Waals surface area (Å²) in [5.74, 6) is 1.21. The van der Waals surface area contributed by atoms with E-state index in [1.54, 1.807) is 12.1 Å². The number of aromatic nitrogens is 2. The van der Waals surface area contributed by atoms with E-state index in [2.05, 4.69) is 15.5 Å². The monoisotopic (exact) mass is 389 g/mol. The molecule has 5 nitrogen and oxygen atoms in total. The number of nitrogens with zero attached hydrogens (tertiary/aromatic N) is 2. The SMILES string of the molecule is CCOc1ccccc1N[C@@H](c1ccc(F)cc1)c1nnc(-c2ccccc2)o1. The van der Waals surface area contributed by atoms with E-state index in [0.29, 0.717) is 24.1 Å². The fraction of sp³-hybridized carbons (Fsp3) is 0.130. The number of nitrogens with one attached hydrogen (secondary N) is 1. The number of hydrogen-bond donors (Lipinski definition) is 1. The molecule has 1 aromatic heterocycles. The second kappa shape index (κ2) is 8.56. The average molecular weight is 389 g/mol. The van der Waals surface area contributed by atoms with Crippen LogP contribution in [-0.2, 0) is 0 Å². The van der Waals surface area contributed by atoms with Crippen molar-refractivity contribution in [2.75, 3.05) is 11.9 Å². The van der Waals surface area contributed by atoms with Gasteiger partial charge in [-0.05, 0) is 48.9 Å². The number of halogens is 1. The molecule has 0 unspecified atom stereocenters. The molecule has 1 heterocycles. The van der Waals surface area contributed by atoms with Crippen molar-refractivity contribution in [3.05, 3.63) is 96.1 Å². The van der Waals surface area contributed by atoms with Gasteiger partial charge in [0, 0.05) is 5.56 Å². The number of para-hydroxylation sites is 2. The fourth-order valence-corrected chi connectivity index (χ4v) is 3.01. The Kier molecular flexibility index (Phi) is 5.52. The predicted molar refractivity (Wildman–Crippen MR) is 109 cm³/mol. The maximum absolute atomic E-state index is 13.5. The molecule has 4 aromatic rings. The molecule has 146 valence electrons. The van der Waals surface area contributed by atoms with E-state index < -0.39 is 6.04 Å². The van der Waals surface area contributed by atoms with Crippen molar-refractivity contribution in [2.24, 2.45) is 0 Å². The number of hydrogen-bond acceptors (Lipinski definition) is 5. The molecule has 0 saturated heterocycles. The lowest BCUT2D eigenvalue weighted by Crippen LogP contribution is -2.14. The normalized spacial score (nSPS) is 11.8. The van der Waals surface area contributed by atoms with Gasteiger partial charge in [0.2, 0.25) is 11.8 Å². The predicted octanol–water partition coefficient (Wildman–Crippen LogP) is 5.48. The summed E-state index contributed by atoms with van der Waals surface area (Å²) < 4.78 is 25.2. The van der Waals surface area contributed by atoms with E-state index in [1.807, 2.05) is 61.5 Å². The largest absolute Gasteiger partial charge is 0.492 e. The molecule has 4 rings (SSSR count). The van der Waals surface area contributed by atoms with Crippen molar-refractivity contribution in [1.29, 1.82) is 0 Å². The van der Waals surface area contributed by atoms with Crippen LogP contribution in [0.4, 0.5) is 10.1 Å². The highest BCUT2D eigenvalue weighted by molar-refractivity contribution is 5.58. The summed E-state index contributed by atoms with van der Waals surface area (Å²) >= 11 is 0. The van der Waals surface area contributed by atoms with E-state index in [4.69, 9.17) is 9.15 Å². The van der Waals surface area contributed by atoms with Gasteiger partial charge in [-0.3, -0.25) is 0 Å². The molecule has 1 N–H and O–H groups in total. The second-order valence-corrected chi connectivity index (χ2v) is 6.37. The minimum absolute atomic E-state index is 0.308. The lowest BCUT2D eigenvalue weighted by molar-refractivity contribution is 0.341. The van der Waals surface area contributed by atoms with Gasteiger partial charge in [0.1, 0.15) is 17.6 Å². The van der Waals surface area contributed by atoms with Gasteiger partial charge in [0.15, 0.2) is 0 Å². The minimum Gasteiger partial charge on any atom is -0.492 e. The summed E-state index contributed by atoms with van der Waals surface area (Å²) in [7, 11) is 0. The summed E-state index contributed by atoms with van der Waals surface area (Å²) in [6.07, 6.45) is 0. The van der Waals surface area contributed by atoms with Gasteiger partial charge in [-0.15, -0.1) is 10.2 Å². The Labute approximate surface area is 168 Å². The zero-order valence-corrected chi connectivity index (χ0v) is 15.9. The Bertz CT molecular complexity index is 1060. The Morgan fingerprint density at radius 2 is 1.66 bits per heavy atom. The van der Waals surface area contributed by atoms with Crippen molar-refractivity contribution >= 4 is 5.69 Å². The Hall–Kier alpha value is -3.67. The Balaban J connectivity index is 1.72. The zero-order chi connectivity index (χ0) is 20.1. The number of rotatable bonds is 7. The molecule has 0 aliphatic carbocycles. The van der Waals surface area contributed by atoms with E-state index in [0.717, 1.165) is 16.8 Å². The number of ether oxygens (including phenoxy) is 1. The highest BCUT2D eigenvalue weighted by Crippen LogP contribution is 2.32. The molecule has 29 heavy (non-hydrogen) atoms. The Morgan fingerprint density at radius 3 is 2.41 bits per heavy atom. The van der Waals surface area contributed by atoms with Gasteiger partial charge in [0.25, 0.3) is 0 Å². The third-order valence-corrected chi connectivity index (χ3v) is 4.40. The maximum atomic E-state index is 13.5. The van der Waals surface area contributed by atoms with Crippen LogP contribution >= 0.6 is 0 Å². The molecule has 6 heteroatoms. The first-order valence-corrected chi connectivity index (χ1v) is 9.37. The molecule has 0 radical (unpaired) electrons. The van der Waals surface area contributed by atoms with Crippen LogP contribution in [0.3, 0.4) is 0 Å². The topological polar surface area (TPSA) is 60.2 Å². The molecule has 0 fully saturated rings. The molecule has 0 spiro atoms. The summed E-state index contributed by atoms with van der Waals surface area (Å²) in [6.45, 7) is 2.47.